The molecule has 0 unspecified atom stereocenters. The number of hydrogen-bond acceptors (Lipinski definition) is 5. The summed E-state index contributed by atoms with van der Waals surface area (Å²) < 4.78 is 10.6. The van der Waals surface area contributed by atoms with E-state index in [0.717, 1.165) is 22.9 Å². The number of aromatic nitrogens is 1. The molecule has 0 radical (unpaired) electrons. The summed E-state index contributed by atoms with van der Waals surface area (Å²) in [5.41, 5.74) is 3.16. The lowest BCUT2D eigenvalue weighted by atomic mass is 10.1. The number of rotatable bonds is 7. The molecule has 160 valence electrons. The first-order valence-corrected chi connectivity index (χ1v) is 10.3. The van der Waals surface area contributed by atoms with E-state index in [9.17, 15) is 14.4 Å². The fourth-order valence-electron chi connectivity index (χ4n) is 4.03. The number of carbonyl (C=O) groups is 3. The molecule has 0 aliphatic carbocycles. The van der Waals surface area contributed by atoms with Gasteiger partial charge in [0.1, 0.15) is 5.75 Å². The van der Waals surface area contributed by atoms with Crippen LogP contribution >= 0.6 is 0 Å². The number of nitrogens with one attached hydrogen (secondary N) is 1. The Labute approximate surface area is 179 Å². The van der Waals surface area contributed by atoms with Crippen LogP contribution in [-0.2, 0) is 20.7 Å². The van der Waals surface area contributed by atoms with Gasteiger partial charge in [0.2, 0.25) is 11.7 Å². The monoisotopic (exact) mass is 420 g/mol. The highest BCUT2D eigenvalue weighted by atomic mass is 16.5. The Bertz CT molecular complexity index is 1150. The Kier molecular flexibility index (Phi) is 5.75. The van der Waals surface area contributed by atoms with Crippen molar-refractivity contribution in [2.24, 2.45) is 5.92 Å². The van der Waals surface area contributed by atoms with Crippen molar-refractivity contribution in [1.82, 2.24) is 4.98 Å². The predicted octanol–water partition coefficient (Wildman–Crippen LogP) is 3.52. The van der Waals surface area contributed by atoms with Crippen molar-refractivity contribution < 1.29 is 23.9 Å². The van der Waals surface area contributed by atoms with E-state index in [1.807, 2.05) is 24.3 Å². The molecule has 1 aromatic heterocycles. The van der Waals surface area contributed by atoms with Crippen LogP contribution in [0.5, 0.6) is 5.75 Å². The van der Waals surface area contributed by atoms with Gasteiger partial charge in [0.05, 0.1) is 18.7 Å². The third-order valence-electron chi connectivity index (χ3n) is 5.66. The summed E-state index contributed by atoms with van der Waals surface area (Å²) in [6.07, 6.45) is 2.54. The van der Waals surface area contributed by atoms with E-state index in [1.165, 1.54) is 12.0 Å². The second kappa shape index (κ2) is 8.63. The third-order valence-corrected chi connectivity index (χ3v) is 5.66. The number of methoxy groups -OCH3 is 1. The number of H-pyrrole nitrogens is 1. The van der Waals surface area contributed by atoms with E-state index >= 15 is 0 Å². The highest BCUT2D eigenvalue weighted by molar-refractivity contribution is 6.09. The second-order valence-electron chi connectivity index (χ2n) is 7.50. The molecule has 2 heterocycles. The van der Waals surface area contributed by atoms with Gasteiger partial charge in [-0.05, 0) is 24.1 Å². The summed E-state index contributed by atoms with van der Waals surface area (Å²) in [5, 5.41) is 0.818. The predicted molar refractivity (Wildman–Crippen MR) is 116 cm³/mol. The maximum absolute atomic E-state index is 12.7. The molecule has 0 spiro atoms. The minimum Gasteiger partial charge on any atom is -0.495 e. The molecule has 31 heavy (non-hydrogen) atoms. The molecule has 1 N–H and O–H groups in total. The number of aromatic amines is 1. The molecule has 1 amide bonds. The van der Waals surface area contributed by atoms with Crippen LogP contribution in [-0.4, -0.2) is 42.9 Å². The van der Waals surface area contributed by atoms with Crippen LogP contribution in [0.1, 0.15) is 29.3 Å². The van der Waals surface area contributed by atoms with E-state index in [4.69, 9.17) is 9.47 Å². The van der Waals surface area contributed by atoms with Crippen molar-refractivity contribution in [3.05, 3.63) is 59.8 Å². The third kappa shape index (κ3) is 3.91. The lowest BCUT2D eigenvalue weighted by Crippen LogP contribution is -2.27. The molecule has 7 heteroatoms. The molecule has 1 aliphatic heterocycles. The molecule has 1 fully saturated rings. The smallest absolute Gasteiger partial charge is 0.311 e. The average molecular weight is 420 g/mol. The first-order valence-electron chi connectivity index (χ1n) is 10.3. The molecule has 2 aromatic carbocycles. The zero-order chi connectivity index (χ0) is 22.0. The normalized spacial score (nSPS) is 16.0. The van der Waals surface area contributed by atoms with Crippen LogP contribution in [0.25, 0.3) is 10.9 Å². The number of hydrogen-bond donors (Lipinski definition) is 1. The largest absolute Gasteiger partial charge is 0.495 e. The van der Waals surface area contributed by atoms with Gasteiger partial charge in [0.25, 0.3) is 0 Å². The van der Waals surface area contributed by atoms with Gasteiger partial charge in [-0.15, -0.1) is 0 Å². The van der Waals surface area contributed by atoms with Crippen LogP contribution in [0.15, 0.2) is 48.7 Å². The number of esters is 1. The van der Waals surface area contributed by atoms with Gasteiger partial charge in [0, 0.05) is 35.6 Å². The number of ketones is 1. The number of Topliss-reactive ketones (excluding diaryl/α,β-unsaturated/α-hetero) is 1. The van der Waals surface area contributed by atoms with Gasteiger partial charge >= 0.3 is 5.97 Å². The minimum atomic E-state index is -0.625. The van der Waals surface area contributed by atoms with Gasteiger partial charge in [-0.3, -0.25) is 14.4 Å². The average Bonchev–Trinajstić information content (AvgIpc) is 3.40. The zero-order valence-electron chi connectivity index (χ0n) is 17.5. The number of aryl methyl sites for hydroxylation is 1. The van der Waals surface area contributed by atoms with Crippen LogP contribution in [0.3, 0.4) is 0 Å². The van der Waals surface area contributed by atoms with Crippen LogP contribution in [0.4, 0.5) is 5.69 Å². The zero-order valence-corrected chi connectivity index (χ0v) is 17.5. The molecular formula is C24H24N2O5. The summed E-state index contributed by atoms with van der Waals surface area (Å²) >= 11 is 0. The van der Waals surface area contributed by atoms with Crippen molar-refractivity contribution in [3.63, 3.8) is 0 Å². The van der Waals surface area contributed by atoms with Gasteiger partial charge in [-0.2, -0.15) is 0 Å². The lowest BCUT2D eigenvalue weighted by Gasteiger charge is -2.19. The van der Waals surface area contributed by atoms with Crippen molar-refractivity contribution >= 4 is 34.3 Å². The van der Waals surface area contributed by atoms with E-state index in [0.29, 0.717) is 17.0 Å². The van der Waals surface area contributed by atoms with E-state index in [-0.39, 0.29) is 31.3 Å². The van der Waals surface area contributed by atoms with Crippen molar-refractivity contribution in [1.29, 1.82) is 0 Å². The fourth-order valence-corrected chi connectivity index (χ4v) is 4.03. The number of fused-ring (bicyclic) bond motifs is 1. The van der Waals surface area contributed by atoms with Crippen LogP contribution in [0, 0.1) is 5.92 Å². The number of anilines is 1. The molecule has 0 saturated carbocycles. The van der Waals surface area contributed by atoms with Gasteiger partial charge in [-0.25, -0.2) is 0 Å². The molecule has 3 aromatic rings. The Balaban J connectivity index is 1.41. The first-order chi connectivity index (χ1) is 15.0. The van der Waals surface area contributed by atoms with Crippen molar-refractivity contribution in [2.45, 2.75) is 19.8 Å². The highest BCUT2D eigenvalue weighted by Crippen LogP contribution is 2.33. The molecular weight excluding hydrogens is 396 g/mol. The number of ether oxygens (including phenoxy) is 2. The first kappa shape index (κ1) is 20.7. The Morgan fingerprint density at radius 1 is 1.16 bits per heavy atom. The number of nitrogens with zero attached hydrogens (tertiary/aromatic N) is 1. The topological polar surface area (TPSA) is 88.7 Å². The number of amides is 1. The second-order valence-corrected chi connectivity index (χ2v) is 7.50. The molecule has 7 nitrogen and oxygen atoms in total. The maximum atomic E-state index is 12.7. The molecule has 0 bridgehead atoms. The van der Waals surface area contributed by atoms with Crippen LogP contribution in [0.2, 0.25) is 0 Å². The summed E-state index contributed by atoms with van der Waals surface area (Å²) in [7, 11) is 1.53. The molecule has 1 aliphatic rings. The molecule has 1 atom stereocenters. The van der Waals surface area contributed by atoms with Gasteiger partial charge in [0.15, 0.2) is 6.61 Å². The lowest BCUT2D eigenvalue weighted by molar-refractivity contribution is -0.147. The number of benzene rings is 2. The van der Waals surface area contributed by atoms with Crippen molar-refractivity contribution in [2.75, 3.05) is 25.2 Å². The SMILES string of the molecule is CCc1cccc2c(C(=O)COC(=O)[C@@H]3CC(=O)N(c4ccccc4OC)C3)c[nH]c12. The Hall–Kier alpha value is -3.61. The minimum absolute atomic E-state index is 0.0397. The van der Waals surface area contributed by atoms with Crippen LogP contribution < -0.4 is 9.64 Å². The number of para-hydroxylation sites is 3. The summed E-state index contributed by atoms with van der Waals surface area (Å²) in [6, 6.07) is 13.0. The molecule has 1 saturated heterocycles. The fraction of sp³-hybridized carbons (Fsp3) is 0.292. The maximum Gasteiger partial charge on any atom is 0.311 e. The van der Waals surface area contributed by atoms with Gasteiger partial charge in [-0.1, -0.05) is 37.3 Å². The van der Waals surface area contributed by atoms with Gasteiger partial charge < -0.3 is 19.4 Å². The summed E-state index contributed by atoms with van der Waals surface area (Å²) in [5.74, 6) is -1.07. The summed E-state index contributed by atoms with van der Waals surface area (Å²) in [4.78, 5) is 42.4. The van der Waals surface area contributed by atoms with E-state index < -0.39 is 11.9 Å². The Morgan fingerprint density at radius 3 is 2.74 bits per heavy atom. The van der Waals surface area contributed by atoms with E-state index in [2.05, 4.69) is 11.9 Å². The summed E-state index contributed by atoms with van der Waals surface area (Å²) in [6.45, 7) is 1.89. The standard InChI is InChI=1S/C24H24N2O5/c1-3-15-7-6-8-17-18(12-25-23(15)17)20(27)14-31-24(29)16-11-22(28)26(13-16)19-9-4-5-10-21(19)30-2/h4-10,12,16,25H,3,11,13-14H2,1-2H3/t16-/m1/s1. The highest BCUT2D eigenvalue weighted by Gasteiger charge is 2.37. The quantitative estimate of drug-likeness (QED) is 0.467. The Morgan fingerprint density at radius 2 is 1.97 bits per heavy atom. The molecule has 4 rings (SSSR count). The number of carbonyl (C=O) groups excluding carboxylic acids is 3. The van der Waals surface area contributed by atoms with E-state index in [1.54, 1.807) is 24.4 Å². The van der Waals surface area contributed by atoms with Crippen molar-refractivity contribution in [3.8, 4) is 5.75 Å².